The zero-order valence-electron chi connectivity index (χ0n) is 14.1. The van der Waals surface area contributed by atoms with Crippen LogP contribution in [0.5, 0.6) is 0 Å². The predicted octanol–water partition coefficient (Wildman–Crippen LogP) is -0.327. The fourth-order valence-electron chi connectivity index (χ4n) is 3.56. The summed E-state index contributed by atoms with van der Waals surface area (Å²) in [5.74, 6) is 0.370. The lowest BCUT2D eigenvalue weighted by molar-refractivity contribution is -0.536. The second kappa shape index (κ2) is 6.72. The molecule has 0 radical (unpaired) electrons. The van der Waals surface area contributed by atoms with Crippen LogP contribution in [0.1, 0.15) is 41.5 Å². The maximum atomic E-state index is 11.8. The molecule has 12 nitrogen and oxygen atoms in total. The van der Waals surface area contributed by atoms with Crippen LogP contribution in [0.15, 0.2) is 15.7 Å². The highest BCUT2D eigenvalue weighted by Crippen LogP contribution is 2.33. The van der Waals surface area contributed by atoms with Crippen molar-refractivity contribution in [3.8, 4) is 0 Å². The Kier molecular flexibility index (Phi) is 4.24. The zero-order valence-corrected chi connectivity index (χ0v) is 14.1. The number of nitrogens with zero attached hydrogens (tertiary/aromatic N) is 4. The van der Waals surface area contributed by atoms with Crippen LogP contribution in [0.2, 0.25) is 0 Å². The fourth-order valence-corrected chi connectivity index (χ4v) is 3.56. The van der Waals surface area contributed by atoms with E-state index in [0.717, 1.165) is 24.0 Å². The van der Waals surface area contributed by atoms with E-state index in [1.807, 2.05) is 0 Å². The van der Waals surface area contributed by atoms with Crippen LogP contribution in [0.25, 0.3) is 11.0 Å². The van der Waals surface area contributed by atoms with Crippen molar-refractivity contribution in [2.75, 3.05) is 0 Å². The Morgan fingerprint density at radius 1 is 1.19 bits per heavy atom. The number of aryl methyl sites for hydroxylation is 1. The number of H-pyrrole nitrogens is 3. The van der Waals surface area contributed by atoms with Crippen molar-refractivity contribution in [1.29, 1.82) is 0 Å². The van der Waals surface area contributed by atoms with E-state index in [9.17, 15) is 19.7 Å². The van der Waals surface area contributed by atoms with E-state index >= 15 is 0 Å². The Bertz CT molecular complexity index is 1120. The SMILES string of the molecule is O=c1[nH]c2cc(C(NCc3nnn[nH]3)[N+](=O)[O-])c3c(c2[nH]c1=O)CCCC3. The van der Waals surface area contributed by atoms with Crippen LogP contribution in [0, 0.1) is 10.1 Å². The molecule has 1 aliphatic rings. The number of nitrogens with one attached hydrogen (secondary N) is 4. The molecular formula is C15H16N8O4. The van der Waals surface area contributed by atoms with Gasteiger partial charge in [-0.3, -0.25) is 19.7 Å². The van der Waals surface area contributed by atoms with Crippen molar-refractivity contribution in [1.82, 2.24) is 35.9 Å². The number of hydrogen-bond acceptors (Lipinski definition) is 8. The van der Waals surface area contributed by atoms with Gasteiger partial charge in [0.05, 0.1) is 17.6 Å². The summed E-state index contributed by atoms with van der Waals surface area (Å²) in [5.41, 5.74) is 1.55. The van der Waals surface area contributed by atoms with Crippen molar-refractivity contribution in [3.63, 3.8) is 0 Å². The summed E-state index contributed by atoms with van der Waals surface area (Å²) in [6, 6.07) is 1.57. The Morgan fingerprint density at radius 2 is 1.93 bits per heavy atom. The number of hydrogen-bond donors (Lipinski definition) is 4. The van der Waals surface area contributed by atoms with E-state index in [1.165, 1.54) is 0 Å². The predicted molar refractivity (Wildman–Crippen MR) is 92.6 cm³/mol. The molecule has 0 saturated heterocycles. The first-order valence-electron chi connectivity index (χ1n) is 8.45. The molecule has 0 aliphatic heterocycles. The molecule has 1 aliphatic carbocycles. The minimum absolute atomic E-state index is 0.0770. The number of aromatic amines is 3. The minimum Gasteiger partial charge on any atom is -0.316 e. The number of nitro groups is 1. The smallest absolute Gasteiger partial charge is 0.314 e. The quantitative estimate of drug-likeness (QED) is 0.204. The number of tetrazole rings is 1. The van der Waals surface area contributed by atoms with E-state index < -0.39 is 22.2 Å². The average molecular weight is 372 g/mol. The molecule has 2 aromatic heterocycles. The maximum Gasteiger partial charge on any atom is 0.314 e. The van der Waals surface area contributed by atoms with Gasteiger partial charge in [-0.2, -0.15) is 0 Å². The molecule has 4 rings (SSSR count). The molecule has 140 valence electrons. The van der Waals surface area contributed by atoms with Gasteiger partial charge in [-0.15, -0.1) is 5.10 Å². The summed E-state index contributed by atoms with van der Waals surface area (Å²) < 4.78 is 0. The van der Waals surface area contributed by atoms with Gasteiger partial charge in [0.2, 0.25) is 0 Å². The summed E-state index contributed by atoms with van der Waals surface area (Å²) in [6.45, 7) is 0.0770. The summed E-state index contributed by atoms with van der Waals surface area (Å²) >= 11 is 0. The van der Waals surface area contributed by atoms with E-state index in [1.54, 1.807) is 6.07 Å². The highest BCUT2D eigenvalue weighted by Gasteiger charge is 2.29. The van der Waals surface area contributed by atoms with Gasteiger partial charge >= 0.3 is 11.1 Å². The Hall–Kier alpha value is -3.41. The molecule has 4 N–H and O–H groups in total. The molecule has 12 heteroatoms. The van der Waals surface area contributed by atoms with Crippen LogP contribution in [-0.4, -0.2) is 35.5 Å². The van der Waals surface area contributed by atoms with Crippen molar-refractivity contribution >= 4 is 11.0 Å². The van der Waals surface area contributed by atoms with Crippen LogP contribution in [0.3, 0.4) is 0 Å². The molecule has 0 amide bonds. The molecule has 2 heterocycles. The molecule has 27 heavy (non-hydrogen) atoms. The van der Waals surface area contributed by atoms with Gasteiger partial charge in [0.15, 0.2) is 5.82 Å². The number of fused-ring (bicyclic) bond motifs is 3. The van der Waals surface area contributed by atoms with Crippen LogP contribution in [0.4, 0.5) is 0 Å². The van der Waals surface area contributed by atoms with Crippen LogP contribution in [-0.2, 0) is 19.4 Å². The third kappa shape index (κ3) is 3.10. The maximum absolute atomic E-state index is 11.8. The van der Waals surface area contributed by atoms with Gasteiger partial charge in [-0.1, -0.05) is 0 Å². The topological polar surface area (TPSA) is 175 Å². The summed E-state index contributed by atoms with van der Waals surface area (Å²) in [6.07, 6.45) is 1.94. The third-order valence-electron chi connectivity index (χ3n) is 4.74. The van der Waals surface area contributed by atoms with Crippen molar-refractivity contribution < 1.29 is 4.92 Å². The number of benzene rings is 1. The molecule has 0 bridgehead atoms. The lowest BCUT2D eigenvalue weighted by Gasteiger charge is -2.23. The van der Waals surface area contributed by atoms with Crippen molar-refractivity contribution in [2.45, 2.75) is 38.4 Å². The van der Waals surface area contributed by atoms with Crippen LogP contribution < -0.4 is 16.4 Å². The van der Waals surface area contributed by atoms with Gasteiger partial charge in [0, 0.05) is 10.5 Å². The van der Waals surface area contributed by atoms with Crippen molar-refractivity contribution in [3.05, 3.63) is 59.4 Å². The molecule has 1 atom stereocenters. The van der Waals surface area contributed by atoms with Crippen LogP contribution >= 0.6 is 0 Å². The first-order valence-corrected chi connectivity index (χ1v) is 8.45. The number of rotatable bonds is 5. The van der Waals surface area contributed by atoms with Gasteiger partial charge < -0.3 is 9.97 Å². The van der Waals surface area contributed by atoms with Gasteiger partial charge in [-0.25, -0.2) is 10.4 Å². The van der Waals surface area contributed by atoms with E-state index in [4.69, 9.17) is 0 Å². The molecule has 0 spiro atoms. The Labute approximate surface area is 150 Å². The first-order chi connectivity index (χ1) is 13.0. The van der Waals surface area contributed by atoms with E-state index in [2.05, 4.69) is 35.9 Å². The summed E-state index contributed by atoms with van der Waals surface area (Å²) in [5, 5.41) is 27.7. The fraction of sp³-hybridized carbons (Fsp3) is 0.400. The van der Waals surface area contributed by atoms with E-state index in [-0.39, 0.29) is 6.54 Å². The Balaban J connectivity index is 1.85. The minimum atomic E-state index is -1.21. The second-order valence-electron chi connectivity index (χ2n) is 6.38. The Morgan fingerprint density at radius 3 is 2.63 bits per heavy atom. The van der Waals surface area contributed by atoms with E-state index in [0.29, 0.717) is 35.3 Å². The lowest BCUT2D eigenvalue weighted by Crippen LogP contribution is -2.32. The molecule has 1 aromatic carbocycles. The molecule has 1 unspecified atom stereocenters. The van der Waals surface area contributed by atoms with Crippen molar-refractivity contribution in [2.24, 2.45) is 0 Å². The lowest BCUT2D eigenvalue weighted by atomic mass is 9.86. The summed E-state index contributed by atoms with van der Waals surface area (Å²) in [7, 11) is 0. The molecule has 0 saturated carbocycles. The molecule has 0 fully saturated rings. The highest BCUT2D eigenvalue weighted by molar-refractivity contribution is 5.80. The average Bonchev–Trinajstić information content (AvgIpc) is 3.17. The standard InChI is InChI=1S/C15H16N8O4/c24-14-15(25)18-12-8-4-2-1-3-7(8)9(5-10(12)17-14)13(23(26)27)16-6-11-19-21-22-20-11/h5,13,16H,1-4,6H2,(H,17,24)(H,18,25)(H,19,20,21,22). The first kappa shape index (κ1) is 17.0. The third-order valence-corrected chi connectivity index (χ3v) is 4.74. The van der Waals surface area contributed by atoms with Gasteiger partial charge in [0.1, 0.15) is 0 Å². The monoisotopic (exact) mass is 372 g/mol. The summed E-state index contributed by atoms with van der Waals surface area (Å²) in [4.78, 5) is 39.9. The normalized spacial score (nSPS) is 14.8. The highest BCUT2D eigenvalue weighted by atomic mass is 16.6. The largest absolute Gasteiger partial charge is 0.316 e. The zero-order chi connectivity index (χ0) is 19.0. The second-order valence-corrected chi connectivity index (χ2v) is 6.38. The van der Waals surface area contributed by atoms with Gasteiger partial charge in [0.25, 0.3) is 6.17 Å². The van der Waals surface area contributed by atoms with Gasteiger partial charge in [-0.05, 0) is 53.3 Å². The molecular weight excluding hydrogens is 356 g/mol. The molecule has 3 aromatic rings. The number of aromatic nitrogens is 6.